The molecular formula is C21H15NO5. The van der Waals surface area contributed by atoms with Gasteiger partial charge >= 0.3 is 5.97 Å². The fraction of sp³-hybridized carbons (Fsp3) is 0.143. The second-order valence-electron chi connectivity index (χ2n) is 6.17. The van der Waals surface area contributed by atoms with Crippen molar-refractivity contribution in [1.29, 1.82) is 0 Å². The van der Waals surface area contributed by atoms with Gasteiger partial charge in [0, 0.05) is 12.6 Å². The van der Waals surface area contributed by atoms with Gasteiger partial charge < -0.3 is 9.15 Å². The molecule has 0 amide bonds. The third-order valence-corrected chi connectivity index (χ3v) is 4.46. The number of benzene rings is 1. The van der Waals surface area contributed by atoms with Crippen LogP contribution in [0.4, 0.5) is 0 Å². The van der Waals surface area contributed by atoms with Crippen molar-refractivity contribution in [2.24, 2.45) is 0 Å². The minimum atomic E-state index is -0.686. The van der Waals surface area contributed by atoms with E-state index in [9.17, 15) is 14.4 Å². The molecule has 1 aliphatic rings. The van der Waals surface area contributed by atoms with Gasteiger partial charge in [-0.3, -0.25) is 14.6 Å². The number of aryl methyl sites for hydroxylation is 1. The number of hydrogen-bond acceptors (Lipinski definition) is 6. The number of rotatable bonds is 4. The smallest absolute Gasteiger partial charge is 0.342 e. The van der Waals surface area contributed by atoms with Gasteiger partial charge in [-0.1, -0.05) is 30.3 Å². The first-order valence-corrected chi connectivity index (χ1v) is 8.46. The number of esters is 1. The summed E-state index contributed by atoms with van der Waals surface area (Å²) in [4.78, 5) is 42.0. The van der Waals surface area contributed by atoms with Gasteiger partial charge in [0.05, 0.1) is 17.7 Å². The third kappa shape index (κ3) is 2.85. The molecule has 3 aromatic rings. The van der Waals surface area contributed by atoms with Crippen LogP contribution in [0.2, 0.25) is 0 Å². The average Bonchev–Trinajstić information content (AvgIpc) is 3.04. The lowest BCUT2D eigenvalue weighted by Crippen LogP contribution is -2.23. The summed E-state index contributed by atoms with van der Waals surface area (Å²) in [6.07, 6.45) is 1.97. The first kappa shape index (κ1) is 16.9. The normalized spacial score (nSPS) is 12.5. The van der Waals surface area contributed by atoms with E-state index >= 15 is 0 Å². The lowest BCUT2D eigenvalue weighted by Gasteiger charge is -2.12. The maximum atomic E-state index is 12.8. The molecule has 1 aromatic carbocycles. The molecule has 0 saturated heterocycles. The van der Waals surface area contributed by atoms with E-state index in [1.807, 2.05) is 30.3 Å². The number of fused-ring (bicyclic) bond motifs is 2. The van der Waals surface area contributed by atoms with E-state index in [4.69, 9.17) is 9.15 Å². The summed E-state index contributed by atoms with van der Waals surface area (Å²) in [7, 11) is 0. The molecule has 0 atom stereocenters. The van der Waals surface area contributed by atoms with Crippen molar-refractivity contribution in [2.75, 3.05) is 6.61 Å². The van der Waals surface area contributed by atoms with Crippen LogP contribution in [0, 0.1) is 6.92 Å². The predicted molar refractivity (Wildman–Crippen MR) is 95.0 cm³/mol. The van der Waals surface area contributed by atoms with Gasteiger partial charge in [-0.2, -0.15) is 0 Å². The number of aromatic nitrogens is 1. The van der Waals surface area contributed by atoms with Gasteiger partial charge in [-0.05, 0) is 24.6 Å². The van der Waals surface area contributed by atoms with E-state index in [1.54, 1.807) is 6.07 Å². The van der Waals surface area contributed by atoms with Crippen LogP contribution in [0.5, 0.6) is 0 Å². The second kappa shape index (κ2) is 6.64. The molecule has 0 saturated carbocycles. The quantitative estimate of drug-likeness (QED) is 0.519. The molecule has 4 rings (SSSR count). The molecule has 1 aliphatic carbocycles. The van der Waals surface area contributed by atoms with Gasteiger partial charge in [0.25, 0.3) is 0 Å². The molecule has 2 aromatic heterocycles. The second-order valence-corrected chi connectivity index (χ2v) is 6.17. The molecule has 0 fully saturated rings. The van der Waals surface area contributed by atoms with E-state index in [0.29, 0.717) is 6.42 Å². The fourth-order valence-electron chi connectivity index (χ4n) is 3.16. The Morgan fingerprint density at radius 3 is 2.63 bits per heavy atom. The maximum Gasteiger partial charge on any atom is 0.342 e. The first-order valence-electron chi connectivity index (χ1n) is 8.46. The van der Waals surface area contributed by atoms with Crippen molar-refractivity contribution in [3.05, 3.63) is 88.1 Å². The van der Waals surface area contributed by atoms with E-state index in [-0.39, 0.29) is 40.5 Å². The Labute approximate surface area is 154 Å². The number of carbonyl (C=O) groups is 3. The van der Waals surface area contributed by atoms with Crippen molar-refractivity contribution in [3.63, 3.8) is 0 Å². The molecular weight excluding hydrogens is 346 g/mol. The van der Waals surface area contributed by atoms with Crippen LogP contribution in [-0.4, -0.2) is 29.1 Å². The average molecular weight is 361 g/mol. The summed E-state index contributed by atoms with van der Waals surface area (Å²) in [6, 6.07) is 12.7. The molecule has 0 aliphatic heterocycles. The molecule has 2 heterocycles. The topological polar surface area (TPSA) is 86.5 Å². The van der Waals surface area contributed by atoms with E-state index in [2.05, 4.69) is 4.98 Å². The van der Waals surface area contributed by atoms with Crippen LogP contribution in [0.15, 0.2) is 53.1 Å². The van der Waals surface area contributed by atoms with Crippen molar-refractivity contribution < 1.29 is 23.5 Å². The summed E-state index contributed by atoms with van der Waals surface area (Å²) in [5.74, 6) is -1.60. The SMILES string of the molecule is Cc1oc2c(c1C(=O)OCCc1ccccc1)C(=O)c1ncccc1C2=O. The lowest BCUT2D eigenvalue weighted by molar-refractivity contribution is 0.0504. The Bertz CT molecular complexity index is 1070. The number of ether oxygens (including phenoxy) is 1. The number of carbonyl (C=O) groups excluding carboxylic acids is 3. The predicted octanol–water partition coefficient (Wildman–Crippen LogP) is 3.16. The van der Waals surface area contributed by atoms with Gasteiger partial charge in [-0.25, -0.2) is 4.79 Å². The van der Waals surface area contributed by atoms with Crippen LogP contribution in [0.1, 0.15) is 53.9 Å². The standard InChI is InChI=1S/C21H15NO5/c1-12-15(21(25)26-11-9-13-6-3-2-4-7-13)16-19(24)17-14(8-5-10-22-17)18(23)20(16)27-12/h2-8,10H,9,11H2,1H3. The molecule has 134 valence electrons. The largest absolute Gasteiger partial charge is 0.462 e. The lowest BCUT2D eigenvalue weighted by atomic mass is 9.90. The molecule has 0 unspecified atom stereocenters. The Morgan fingerprint density at radius 1 is 1.07 bits per heavy atom. The zero-order valence-corrected chi connectivity index (χ0v) is 14.5. The highest BCUT2D eigenvalue weighted by atomic mass is 16.5. The first-order chi connectivity index (χ1) is 13.1. The van der Waals surface area contributed by atoms with Crippen molar-refractivity contribution >= 4 is 17.5 Å². The van der Waals surface area contributed by atoms with Gasteiger partial charge in [-0.15, -0.1) is 0 Å². The summed E-state index contributed by atoms with van der Waals surface area (Å²) >= 11 is 0. The molecule has 6 heteroatoms. The van der Waals surface area contributed by atoms with Gasteiger partial charge in [0.1, 0.15) is 17.0 Å². The van der Waals surface area contributed by atoms with E-state index in [1.165, 1.54) is 19.2 Å². The maximum absolute atomic E-state index is 12.8. The fourth-order valence-corrected chi connectivity index (χ4v) is 3.16. The van der Waals surface area contributed by atoms with Crippen LogP contribution >= 0.6 is 0 Å². The molecule has 27 heavy (non-hydrogen) atoms. The number of pyridine rings is 1. The molecule has 6 nitrogen and oxygen atoms in total. The number of hydrogen-bond donors (Lipinski definition) is 0. The Balaban J connectivity index is 1.61. The summed E-state index contributed by atoms with van der Waals surface area (Å²) in [6.45, 7) is 1.68. The summed E-state index contributed by atoms with van der Waals surface area (Å²) < 4.78 is 10.8. The number of ketones is 2. The third-order valence-electron chi connectivity index (χ3n) is 4.46. The highest BCUT2D eigenvalue weighted by Crippen LogP contribution is 2.32. The van der Waals surface area contributed by atoms with E-state index in [0.717, 1.165) is 5.56 Å². The zero-order valence-electron chi connectivity index (χ0n) is 14.5. The molecule has 0 spiro atoms. The molecule has 0 radical (unpaired) electrons. The minimum Gasteiger partial charge on any atom is -0.462 e. The molecule has 0 bridgehead atoms. The summed E-state index contributed by atoms with van der Waals surface area (Å²) in [5, 5.41) is 0. The van der Waals surface area contributed by atoms with E-state index < -0.39 is 17.5 Å². The Morgan fingerprint density at radius 2 is 1.85 bits per heavy atom. The molecule has 0 N–H and O–H groups in total. The Kier molecular flexibility index (Phi) is 4.16. The highest BCUT2D eigenvalue weighted by Gasteiger charge is 2.39. The van der Waals surface area contributed by atoms with Crippen molar-refractivity contribution in [1.82, 2.24) is 4.98 Å². The zero-order chi connectivity index (χ0) is 19.0. The number of furan rings is 1. The van der Waals surface area contributed by atoms with Crippen LogP contribution in [0.25, 0.3) is 0 Å². The summed E-state index contributed by atoms with van der Waals surface area (Å²) in [5.41, 5.74) is 1.16. The van der Waals surface area contributed by atoms with Gasteiger partial charge in [0.2, 0.25) is 11.6 Å². The van der Waals surface area contributed by atoms with Crippen molar-refractivity contribution in [2.45, 2.75) is 13.3 Å². The van der Waals surface area contributed by atoms with Crippen LogP contribution in [-0.2, 0) is 11.2 Å². The van der Waals surface area contributed by atoms with Crippen molar-refractivity contribution in [3.8, 4) is 0 Å². The monoisotopic (exact) mass is 361 g/mol. The van der Waals surface area contributed by atoms with Crippen LogP contribution in [0.3, 0.4) is 0 Å². The van der Waals surface area contributed by atoms with Crippen LogP contribution < -0.4 is 0 Å². The number of nitrogens with zero attached hydrogens (tertiary/aromatic N) is 1. The minimum absolute atomic E-state index is 0.00675. The Hall–Kier alpha value is -3.54. The highest BCUT2D eigenvalue weighted by molar-refractivity contribution is 6.29. The van der Waals surface area contributed by atoms with Gasteiger partial charge in [0.15, 0.2) is 5.76 Å².